The van der Waals surface area contributed by atoms with Crippen molar-refractivity contribution in [2.45, 2.75) is 71.6 Å². The first-order chi connectivity index (χ1) is 9.29. The van der Waals surface area contributed by atoms with E-state index in [1.54, 1.807) is 0 Å². The molecule has 2 heteroatoms. The number of allylic oxidation sites excluding steroid dienone is 3. The number of esters is 1. The van der Waals surface area contributed by atoms with Crippen molar-refractivity contribution in [2.24, 2.45) is 0 Å². The van der Waals surface area contributed by atoms with Gasteiger partial charge in [-0.15, -0.1) is 0 Å². The molecule has 0 heterocycles. The van der Waals surface area contributed by atoms with Crippen molar-refractivity contribution < 1.29 is 9.53 Å². The molecule has 1 aliphatic rings. The van der Waals surface area contributed by atoms with Crippen LogP contribution in [0.25, 0.3) is 0 Å². The van der Waals surface area contributed by atoms with Crippen LogP contribution in [0.1, 0.15) is 71.6 Å². The molecule has 0 bridgehead atoms. The molecule has 0 saturated heterocycles. The van der Waals surface area contributed by atoms with Crippen molar-refractivity contribution in [3.05, 3.63) is 23.3 Å². The van der Waals surface area contributed by atoms with E-state index < -0.39 is 0 Å². The monoisotopic (exact) mass is 264 g/mol. The van der Waals surface area contributed by atoms with Crippen LogP contribution in [0.5, 0.6) is 0 Å². The number of carbonyl (C=O) groups excluding carboxylic acids is 1. The van der Waals surface area contributed by atoms with Crippen molar-refractivity contribution in [3.63, 3.8) is 0 Å². The third-order valence-electron chi connectivity index (χ3n) is 3.58. The first kappa shape index (κ1) is 16.0. The minimum Gasteiger partial charge on any atom is -0.463 e. The number of rotatable bonds is 8. The Labute approximate surface area is 117 Å². The molecule has 0 aromatic carbocycles. The highest BCUT2D eigenvalue weighted by atomic mass is 16.5. The summed E-state index contributed by atoms with van der Waals surface area (Å²) in [5.41, 5.74) is 2.12. The lowest BCUT2D eigenvalue weighted by Gasteiger charge is -2.16. The van der Waals surface area contributed by atoms with Gasteiger partial charge in [0.25, 0.3) is 0 Å². The quantitative estimate of drug-likeness (QED) is 0.458. The molecule has 0 amide bonds. The summed E-state index contributed by atoms with van der Waals surface area (Å²) < 4.78 is 5.14. The fraction of sp³-hybridized carbons (Fsp3) is 0.706. The maximum atomic E-state index is 11.9. The zero-order chi connectivity index (χ0) is 13.9. The van der Waals surface area contributed by atoms with Gasteiger partial charge in [0.05, 0.1) is 6.61 Å². The molecule has 1 rings (SSSR count). The second kappa shape index (κ2) is 9.82. The minimum absolute atomic E-state index is 0.104. The van der Waals surface area contributed by atoms with E-state index in [4.69, 9.17) is 4.74 Å². The van der Waals surface area contributed by atoms with Crippen molar-refractivity contribution >= 4 is 5.97 Å². The third-order valence-corrected chi connectivity index (χ3v) is 3.58. The molecule has 0 unspecified atom stereocenters. The second-order valence-corrected chi connectivity index (χ2v) is 5.18. The molecule has 0 fully saturated rings. The number of carbonyl (C=O) groups is 1. The smallest absolute Gasteiger partial charge is 0.334 e. The summed E-state index contributed by atoms with van der Waals surface area (Å²) in [6.45, 7) is 4.56. The number of hydrogen-bond donors (Lipinski definition) is 0. The van der Waals surface area contributed by atoms with Gasteiger partial charge in [0, 0.05) is 5.57 Å². The van der Waals surface area contributed by atoms with Gasteiger partial charge in [-0.1, -0.05) is 38.3 Å². The summed E-state index contributed by atoms with van der Waals surface area (Å²) in [6, 6.07) is 0. The van der Waals surface area contributed by atoms with Crippen LogP contribution in [-0.4, -0.2) is 12.6 Å². The molecule has 0 atom stereocenters. The average Bonchev–Trinajstić information content (AvgIpc) is 2.43. The predicted molar refractivity (Wildman–Crippen MR) is 80.0 cm³/mol. The van der Waals surface area contributed by atoms with Gasteiger partial charge in [0.15, 0.2) is 0 Å². The molecule has 0 saturated carbocycles. The summed E-state index contributed by atoms with van der Waals surface area (Å²) in [6.07, 6.45) is 14.9. The molecule has 0 N–H and O–H groups in total. The predicted octanol–water partition coefficient (Wildman–Crippen LogP) is 4.95. The van der Waals surface area contributed by atoms with Gasteiger partial charge in [0.2, 0.25) is 0 Å². The maximum absolute atomic E-state index is 11.9. The first-order valence-corrected chi connectivity index (χ1v) is 7.85. The van der Waals surface area contributed by atoms with Gasteiger partial charge < -0.3 is 4.74 Å². The second-order valence-electron chi connectivity index (χ2n) is 5.18. The van der Waals surface area contributed by atoms with Crippen LogP contribution in [0.2, 0.25) is 0 Å². The molecular formula is C17H28O2. The summed E-state index contributed by atoms with van der Waals surface area (Å²) in [5.74, 6) is -0.104. The van der Waals surface area contributed by atoms with E-state index in [0.29, 0.717) is 6.61 Å². The number of unbranched alkanes of at least 4 members (excludes halogenated alkanes) is 4. The van der Waals surface area contributed by atoms with E-state index in [0.717, 1.165) is 31.3 Å². The summed E-state index contributed by atoms with van der Waals surface area (Å²) in [4.78, 5) is 11.9. The highest BCUT2D eigenvalue weighted by Gasteiger charge is 2.18. The highest BCUT2D eigenvalue weighted by Crippen LogP contribution is 2.26. The van der Waals surface area contributed by atoms with Crippen LogP contribution in [-0.2, 0) is 9.53 Å². The Bertz CT molecular complexity index is 326. The van der Waals surface area contributed by atoms with Gasteiger partial charge >= 0.3 is 5.97 Å². The lowest BCUT2D eigenvalue weighted by atomic mass is 9.91. The Morgan fingerprint density at radius 2 is 1.95 bits per heavy atom. The maximum Gasteiger partial charge on any atom is 0.334 e. The number of ether oxygens (including phenoxy) is 1. The van der Waals surface area contributed by atoms with E-state index in [1.165, 1.54) is 37.7 Å². The fourth-order valence-electron chi connectivity index (χ4n) is 2.48. The topological polar surface area (TPSA) is 26.3 Å². The van der Waals surface area contributed by atoms with Crippen molar-refractivity contribution in [2.75, 3.05) is 6.61 Å². The average molecular weight is 264 g/mol. The van der Waals surface area contributed by atoms with Gasteiger partial charge in [-0.25, -0.2) is 4.79 Å². The van der Waals surface area contributed by atoms with Crippen LogP contribution in [0.15, 0.2) is 23.3 Å². The Kier molecular flexibility index (Phi) is 8.28. The van der Waals surface area contributed by atoms with Crippen molar-refractivity contribution in [1.82, 2.24) is 0 Å². The number of hydrogen-bond acceptors (Lipinski definition) is 2. The van der Waals surface area contributed by atoms with E-state index in [-0.39, 0.29) is 5.97 Å². The van der Waals surface area contributed by atoms with Crippen LogP contribution in [0.3, 0.4) is 0 Å². The van der Waals surface area contributed by atoms with E-state index >= 15 is 0 Å². The standard InChI is InChI=1S/C17H28O2/c1-3-5-6-7-8-9-12-15-13-10-11-14-16(15)17(18)19-4-2/h9,12H,3-8,10-11,13-14H2,1-2H3/b12-9+. The molecule has 0 aromatic heterocycles. The normalized spacial score (nSPS) is 16.1. The Balaban J connectivity index is 2.50. The summed E-state index contributed by atoms with van der Waals surface area (Å²) in [7, 11) is 0. The highest BCUT2D eigenvalue weighted by molar-refractivity contribution is 5.90. The molecule has 0 radical (unpaired) electrons. The Morgan fingerprint density at radius 1 is 1.16 bits per heavy atom. The van der Waals surface area contributed by atoms with E-state index in [1.807, 2.05) is 6.92 Å². The van der Waals surface area contributed by atoms with Crippen LogP contribution >= 0.6 is 0 Å². The van der Waals surface area contributed by atoms with Gasteiger partial charge in [-0.2, -0.15) is 0 Å². The molecule has 0 aliphatic heterocycles. The molecule has 2 nitrogen and oxygen atoms in total. The molecule has 19 heavy (non-hydrogen) atoms. The summed E-state index contributed by atoms with van der Waals surface area (Å²) >= 11 is 0. The Morgan fingerprint density at radius 3 is 2.68 bits per heavy atom. The molecule has 0 spiro atoms. The lowest BCUT2D eigenvalue weighted by molar-refractivity contribution is -0.138. The van der Waals surface area contributed by atoms with Crippen molar-refractivity contribution in [1.29, 1.82) is 0 Å². The van der Waals surface area contributed by atoms with Crippen LogP contribution in [0, 0.1) is 0 Å². The molecule has 0 aromatic rings. The SMILES string of the molecule is CCCCCC/C=C/C1=C(C(=O)OCC)CCCC1. The zero-order valence-corrected chi connectivity index (χ0v) is 12.5. The third kappa shape index (κ3) is 6.09. The largest absolute Gasteiger partial charge is 0.463 e. The molecule has 1 aliphatic carbocycles. The lowest BCUT2D eigenvalue weighted by Crippen LogP contribution is -2.12. The van der Waals surface area contributed by atoms with Gasteiger partial charge in [0.1, 0.15) is 0 Å². The van der Waals surface area contributed by atoms with Crippen LogP contribution in [0.4, 0.5) is 0 Å². The first-order valence-electron chi connectivity index (χ1n) is 7.85. The Hall–Kier alpha value is -1.05. The van der Waals surface area contributed by atoms with Crippen LogP contribution < -0.4 is 0 Å². The summed E-state index contributed by atoms with van der Waals surface area (Å²) in [5, 5.41) is 0. The van der Waals surface area contributed by atoms with Gasteiger partial charge in [-0.05, 0) is 51.0 Å². The fourth-order valence-corrected chi connectivity index (χ4v) is 2.48. The van der Waals surface area contributed by atoms with E-state index in [9.17, 15) is 4.79 Å². The zero-order valence-electron chi connectivity index (χ0n) is 12.5. The molecular weight excluding hydrogens is 236 g/mol. The van der Waals surface area contributed by atoms with Crippen molar-refractivity contribution in [3.8, 4) is 0 Å². The van der Waals surface area contributed by atoms with Gasteiger partial charge in [-0.3, -0.25) is 0 Å². The minimum atomic E-state index is -0.104. The molecule has 108 valence electrons. The van der Waals surface area contributed by atoms with E-state index in [2.05, 4.69) is 19.1 Å².